The van der Waals surface area contributed by atoms with E-state index in [1.807, 2.05) is 12.1 Å². The van der Waals surface area contributed by atoms with Crippen LogP contribution in [0.15, 0.2) is 34.2 Å². The molecule has 2 N–H and O–H groups in total. The van der Waals surface area contributed by atoms with Crippen LogP contribution in [0.5, 0.6) is 0 Å². The number of rotatable bonds is 8. The summed E-state index contributed by atoms with van der Waals surface area (Å²) in [6.45, 7) is 6.89. The van der Waals surface area contributed by atoms with Crippen molar-refractivity contribution in [1.29, 1.82) is 0 Å². The molecule has 2 rings (SSSR count). The Kier molecular flexibility index (Phi) is 8.61. The van der Waals surface area contributed by atoms with Crippen molar-refractivity contribution >= 4 is 15.8 Å². The molecule has 0 spiro atoms. The Balaban J connectivity index is 1.80. The second-order valence-electron chi connectivity index (χ2n) is 7.61. The maximum atomic E-state index is 11.5. The zero-order valence-electron chi connectivity index (χ0n) is 17.0. The first-order valence-corrected chi connectivity index (χ1v) is 12.1. The molecular weight excluding hydrogens is 358 g/mol. The predicted octanol–water partition coefficient (Wildman–Crippen LogP) is 3.40. The molecule has 0 saturated heterocycles. The molecule has 0 unspecified atom stereocenters. The van der Waals surface area contributed by atoms with E-state index < -0.39 is 9.84 Å². The van der Waals surface area contributed by atoms with Gasteiger partial charge in [-0.3, -0.25) is 4.99 Å². The molecule has 0 amide bonds. The monoisotopic (exact) mass is 393 g/mol. The molecule has 1 aliphatic carbocycles. The second kappa shape index (κ2) is 10.7. The molecular formula is C21H35N3O2S. The lowest BCUT2D eigenvalue weighted by molar-refractivity contribution is 0.274. The molecule has 1 aliphatic rings. The zero-order chi connectivity index (χ0) is 19.7. The van der Waals surface area contributed by atoms with E-state index in [1.165, 1.54) is 38.4 Å². The van der Waals surface area contributed by atoms with Gasteiger partial charge in [-0.25, -0.2) is 8.42 Å². The van der Waals surface area contributed by atoms with Crippen molar-refractivity contribution in [3.63, 3.8) is 0 Å². The highest BCUT2D eigenvalue weighted by atomic mass is 32.2. The first-order valence-electron chi connectivity index (χ1n) is 10.2. The minimum absolute atomic E-state index is 0.368. The Morgan fingerprint density at radius 1 is 1.04 bits per heavy atom. The molecule has 0 aliphatic heterocycles. The molecule has 6 heteroatoms. The number of nitrogens with one attached hydrogen (secondary N) is 2. The van der Waals surface area contributed by atoms with Crippen LogP contribution < -0.4 is 10.6 Å². The largest absolute Gasteiger partial charge is 0.357 e. The molecule has 1 aromatic carbocycles. The quantitative estimate of drug-likeness (QED) is 0.524. The van der Waals surface area contributed by atoms with E-state index in [2.05, 4.69) is 24.5 Å². The van der Waals surface area contributed by atoms with Crippen LogP contribution in [-0.4, -0.2) is 40.3 Å². The SMILES string of the molecule is CCNC(=NCC1CCC(CC)CC1)NCCc1ccc(S(C)(=O)=O)cc1. The van der Waals surface area contributed by atoms with E-state index in [4.69, 9.17) is 4.99 Å². The van der Waals surface area contributed by atoms with Crippen LogP contribution in [-0.2, 0) is 16.3 Å². The number of sulfone groups is 1. The fraction of sp³-hybridized carbons (Fsp3) is 0.667. The van der Waals surface area contributed by atoms with Gasteiger partial charge in [0.25, 0.3) is 0 Å². The summed E-state index contributed by atoms with van der Waals surface area (Å²) in [7, 11) is -3.13. The average Bonchev–Trinajstić information content (AvgIpc) is 2.66. The summed E-state index contributed by atoms with van der Waals surface area (Å²) in [5.41, 5.74) is 1.11. The Labute approximate surface area is 165 Å². The molecule has 0 heterocycles. The van der Waals surface area contributed by atoms with Crippen molar-refractivity contribution in [2.24, 2.45) is 16.8 Å². The highest BCUT2D eigenvalue weighted by Crippen LogP contribution is 2.30. The van der Waals surface area contributed by atoms with Crippen LogP contribution in [0.25, 0.3) is 0 Å². The van der Waals surface area contributed by atoms with Gasteiger partial charge in [0.2, 0.25) is 0 Å². The summed E-state index contributed by atoms with van der Waals surface area (Å²) in [6.07, 6.45) is 8.68. The van der Waals surface area contributed by atoms with Crippen molar-refractivity contribution in [1.82, 2.24) is 10.6 Å². The smallest absolute Gasteiger partial charge is 0.191 e. The normalized spacial score (nSPS) is 21.1. The van der Waals surface area contributed by atoms with E-state index in [0.29, 0.717) is 10.8 Å². The lowest BCUT2D eigenvalue weighted by atomic mass is 9.81. The van der Waals surface area contributed by atoms with Crippen molar-refractivity contribution in [3.8, 4) is 0 Å². The van der Waals surface area contributed by atoms with Gasteiger partial charge in [-0.1, -0.05) is 38.3 Å². The fourth-order valence-electron chi connectivity index (χ4n) is 3.61. The van der Waals surface area contributed by atoms with Crippen molar-refractivity contribution in [3.05, 3.63) is 29.8 Å². The van der Waals surface area contributed by atoms with Crippen LogP contribution in [0.1, 0.15) is 51.5 Å². The van der Waals surface area contributed by atoms with E-state index in [0.717, 1.165) is 43.5 Å². The topological polar surface area (TPSA) is 70.6 Å². The predicted molar refractivity (Wildman–Crippen MR) is 113 cm³/mol. The Hall–Kier alpha value is -1.56. The Morgan fingerprint density at radius 3 is 2.22 bits per heavy atom. The summed E-state index contributed by atoms with van der Waals surface area (Å²) in [6, 6.07) is 7.12. The van der Waals surface area contributed by atoms with Crippen LogP contribution in [0.2, 0.25) is 0 Å². The first kappa shape index (κ1) is 21.7. The molecule has 1 saturated carbocycles. The fourth-order valence-corrected chi connectivity index (χ4v) is 4.24. The lowest BCUT2D eigenvalue weighted by Crippen LogP contribution is -2.38. The van der Waals surface area contributed by atoms with Gasteiger partial charge in [0, 0.05) is 25.9 Å². The van der Waals surface area contributed by atoms with Crippen LogP contribution in [0.3, 0.4) is 0 Å². The maximum Gasteiger partial charge on any atom is 0.191 e. The van der Waals surface area contributed by atoms with Gasteiger partial charge in [-0.15, -0.1) is 0 Å². The molecule has 5 nitrogen and oxygen atoms in total. The number of guanidine groups is 1. The van der Waals surface area contributed by atoms with Gasteiger partial charge in [-0.05, 0) is 55.7 Å². The van der Waals surface area contributed by atoms with Gasteiger partial charge >= 0.3 is 0 Å². The molecule has 27 heavy (non-hydrogen) atoms. The van der Waals surface area contributed by atoms with Crippen LogP contribution >= 0.6 is 0 Å². The number of hydrogen-bond acceptors (Lipinski definition) is 3. The van der Waals surface area contributed by atoms with E-state index in [-0.39, 0.29) is 0 Å². The second-order valence-corrected chi connectivity index (χ2v) is 9.62. The minimum Gasteiger partial charge on any atom is -0.357 e. The molecule has 0 aromatic heterocycles. The van der Waals surface area contributed by atoms with Crippen LogP contribution in [0.4, 0.5) is 0 Å². The van der Waals surface area contributed by atoms with Crippen LogP contribution in [0, 0.1) is 11.8 Å². The standard InChI is InChI=1S/C21H35N3O2S/c1-4-17-6-8-19(9-7-17)16-24-21(22-5-2)23-15-14-18-10-12-20(13-11-18)27(3,25)26/h10-13,17,19H,4-9,14-16H2,1-3H3,(H2,22,23,24). The molecule has 0 atom stereocenters. The average molecular weight is 394 g/mol. The summed E-state index contributed by atoms with van der Waals surface area (Å²) in [5, 5.41) is 6.71. The van der Waals surface area contributed by atoms with Crippen molar-refractivity contribution in [2.75, 3.05) is 25.9 Å². The molecule has 1 aromatic rings. The third kappa shape index (κ3) is 7.53. The third-order valence-electron chi connectivity index (χ3n) is 5.45. The van der Waals surface area contributed by atoms with Crippen molar-refractivity contribution < 1.29 is 8.42 Å². The number of hydrogen-bond donors (Lipinski definition) is 2. The maximum absolute atomic E-state index is 11.5. The highest BCUT2D eigenvalue weighted by Gasteiger charge is 2.19. The molecule has 152 valence electrons. The van der Waals surface area contributed by atoms with Gasteiger partial charge in [-0.2, -0.15) is 0 Å². The van der Waals surface area contributed by atoms with Gasteiger partial charge in [0.15, 0.2) is 15.8 Å². The zero-order valence-corrected chi connectivity index (χ0v) is 17.8. The molecule has 0 bridgehead atoms. The van der Waals surface area contributed by atoms with Crippen molar-refractivity contribution in [2.45, 2.75) is 57.3 Å². The summed E-state index contributed by atoms with van der Waals surface area (Å²) < 4.78 is 23.0. The van der Waals surface area contributed by atoms with Gasteiger partial charge < -0.3 is 10.6 Å². The lowest BCUT2D eigenvalue weighted by Gasteiger charge is -2.26. The van der Waals surface area contributed by atoms with E-state index in [9.17, 15) is 8.42 Å². The first-order chi connectivity index (χ1) is 12.9. The van der Waals surface area contributed by atoms with Gasteiger partial charge in [0.05, 0.1) is 4.90 Å². The van der Waals surface area contributed by atoms with Gasteiger partial charge in [0.1, 0.15) is 0 Å². The van der Waals surface area contributed by atoms with E-state index >= 15 is 0 Å². The highest BCUT2D eigenvalue weighted by molar-refractivity contribution is 7.90. The number of aliphatic imine (C=N–C) groups is 1. The summed E-state index contributed by atoms with van der Waals surface area (Å²) in [5.74, 6) is 2.51. The molecule has 1 fully saturated rings. The number of nitrogens with zero attached hydrogens (tertiary/aromatic N) is 1. The Bertz CT molecular complexity index is 691. The minimum atomic E-state index is -3.13. The third-order valence-corrected chi connectivity index (χ3v) is 6.58. The number of benzene rings is 1. The molecule has 0 radical (unpaired) electrons. The Morgan fingerprint density at radius 2 is 1.67 bits per heavy atom. The summed E-state index contributed by atoms with van der Waals surface area (Å²) >= 11 is 0. The van der Waals surface area contributed by atoms with E-state index in [1.54, 1.807) is 12.1 Å². The summed E-state index contributed by atoms with van der Waals surface area (Å²) in [4.78, 5) is 5.15.